The van der Waals surface area contributed by atoms with Crippen LogP contribution in [-0.2, 0) is 11.2 Å². The minimum Gasteiger partial charge on any atom is -0.302 e. The maximum absolute atomic E-state index is 12.0. The van der Waals surface area contributed by atoms with Crippen LogP contribution >= 0.6 is 11.3 Å². The number of aromatic nitrogens is 1. The van der Waals surface area contributed by atoms with Crippen LogP contribution in [0.15, 0.2) is 54.6 Å². The minimum absolute atomic E-state index is 0.0552. The molecule has 0 saturated heterocycles. The molecule has 0 aliphatic heterocycles. The summed E-state index contributed by atoms with van der Waals surface area (Å²) < 4.78 is 0. The van der Waals surface area contributed by atoms with Gasteiger partial charge in [-0.1, -0.05) is 81.3 Å². The second-order valence-electron chi connectivity index (χ2n) is 6.64. The van der Waals surface area contributed by atoms with Crippen molar-refractivity contribution in [1.29, 1.82) is 0 Å². The molecule has 1 aromatic heterocycles. The molecule has 0 atom stereocenters. The van der Waals surface area contributed by atoms with Gasteiger partial charge in [-0.2, -0.15) is 0 Å². The maximum atomic E-state index is 12.0. The highest BCUT2D eigenvalue weighted by Crippen LogP contribution is 2.33. The summed E-state index contributed by atoms with van der Waals surface area (Å²) in [5.41, 5.74) is 4.50. The van der Waals surface area contributed by atoms with E-state index in [-0.39, 0.29) is 5.91 Å². The van der Waals surface area contributed by atoms with Gasteiger partial charge in [-0.15, -0.1) is 11.3 Å². The molecule has 1 amide bonds. The number of unbranched alkanes of at least 4 members (excludes halogenated alkanes) is 1. The summed E-state index contributed by atoms with van der Waals surface area (Å²) in [6.45, 7) is 4.26. The second kappa shape index (κ2) is 9.47. The summed E-state index contributed by atoms with van der Waals surface area (Å²) in [5, 5.41) is 3.68. The van der Waals surface area contributed by atoms with Crippen molar-refractivity contribution in [3.05, 3.63) is 59.5 Å². The number of benzene rings is 2. The fourth-order valence-electron chi connectivity index (χ4n) is 3.00. The molecule has 0 bridgehead atoms. The molecule has 3 aromatic rings. The van der Waals surface area contributed by atoms with Crippen molar-refractivity contribution < 1.29 is 4.79 Å². The molecule has 0 aliphatic rings. The van der Waals surface area contributed by atoms with Crippen LogP contribution in [0, 0.1) is 0 Å². The Morgan fingerprint density at radius 1 is 0.926 bits per heavy atom. The van der Waals surface area contributed by atoms with Gasteiger partial charge in [0.1, 0.15) is 0 Å². The quantitative estimate of drug-likeness (QED) is 0.482. The number of aryl methyl sites for hydroxylation is 1. The molecule has 0 radical (unpaired) electrons. The number of hydrogen-bond acceptors (Lipinski definition) is 3. The number of nitrogens with zero attached hydrogens (tertiary/aromatic N) is 1. The molecule has 27 heavy (non-hydrogen) atoms. The lowest BCUT2D eigenvalue weighted by molar-refractivity contribution is -0.116. The number of amides is 1. The Hall–Kier alpha value is -2.46. The molecular formula is C23H26N2OS. The third-order valence-corrected chi connectivity index (χ3v) is 5.47. The van der Waals surface area contributed by atoms with E-state index in [9.17, 15) is 4.79 Å². The third kappa shape index (κ3) is 5.04. The molecule has 0 spiro atoms. The summed E-state index contributed by atoms with van der Waals surface area (Å²) in [6, 6.07) is 18.9. The van der Waals surface area contributed by atoms with E-state index in [2.05, 4.69) is 67.7 Å². The van der Waals surface area contributed by atoms with Crippen molar-refractivity contribution in [1.82, 2.24) is 4.98 Å². The van der Waals surface area contributed by atoms with Gasteiger partial charge in [-0.3, -0.25) is 4.79 Å². The minimum atomic E-state index is 0.0552. The SMILES string of the molecule is CCCCC(=O)Nc1nc(-c2ccc(-c3ccccc3)cc2)c(CCC)s1. The molecule has 3 rings (SSSR count). The van der Waals surface area contributed by atoms with Gasteiger partial charge in [0.25, 0.3) is 0 Å². The van der Waals surface area contributed by atoms with Crippen LogP contribution in [0.5, 0.6) is 0 Å². The van der Waals surface area contributed by atoms with Crippen LogP contribution in [0.3, 0.4) is 0 Å². The van der Waals surface area contributed by atoms with Gasteiger partial charge in [-0.25, -0.2) is 4.98 Å². The standard InChI is InChI=1S/C23H26N2OS/c1-3-5-12-21(26)24-23-25-22(20(27-23)9-4-2)19-15-13-18(14-16-19)17-10-7-6-8-11-17/h6-8,10-11,13-16H,3-5,9,12H2,1-2H3,(H,24,25,26). The van der Waals surface area contributed by atoms with Crippen molar-refractivity contribution in [3.63, 3.8) is 0 Å². The highest BCUT2D eigenvalue weighted by atomic mass is 32.1. The Morgan fingerprint density at radius 3 is 2.26 bits per heavy atom. The lowest BCUT2D eigenvalue weighted by Gasteiger charge is -2.05. The van der Waals surface area contributed by atoms with Crippen LogP contribution < -0.4 is 5.32 Å². The van der Waals surface area contributed by atoms with Gasteiger partial charge in [0, 0.05) is 16.9 Å². The van der Waals surface area contributed by atoms with Gasteiger partial charge in [0.05, 0.1) is 5.69 Å². The number of carbonyl (C=O) groups excluding carboxylic acids is 1. The zero-order chi connectivity index (χ0) is 19.1. The normalized spacial score (nSPS) is 10.7. The van der Waals surface area contributed by atoms with E-state index in [0.717, 1.165) is 36.9 Å². The first-order valence-corrected chi connectivity index (χ1v) is 10.5. The zero-order valence-electron chi connectivity index (χ0n) is 16.0. The smallest absolute Gasteiger partial charge is 0.226 e. The van der Waals surface area contributed by atoms with Crippen LogP contribution in [0.1, 0.15) is 44.4 Å². The number of rotatable bonds is 8. The Balaban J connectivity index is 1.83. The Labute approximate surface area is 165 Å². The molecule has 1 heterocycles. The molecule has 140 valence electrons. The van der Waals surface area contributed by atoms with Crippen LogP contribution in [0.25, 0.3) is 22.4 Å². The summed E-state index contributed by atoms with van der Waals surface area (Å²) in [5.74, 6) is 0.0552. The molecule has 1 N–H and O–H groups in total. The number of thiazole rings is 1. The first kappa shape index (κ1) is 19.3. The summed E-state index contributed by atoms with van der Waals surface area (Å²) in [7, 11) is 0. The van der Waals surface area contributed by atoms with Crippen molar-refractivity contribution in [2.24, 2.45) is 0 Å². The highest BCUT2D eigenvalue weighted by Gasteiger charge is 2.14. The number of hydrogen-bond donors (Lipinski definition) is 1. The Morgan fingerprint density at radius 2 is 1.59 bits per heavy atom. The average Bonchev–Trinajstić information content (AvgIpc) is 3.09. The Kier molecular flexibility index (Phi) is 6.77. The molecule has 2 aromatic carbocycles. The number of carbonyl (C=O) groups is 1. The van der Waals surface area contributed by atoms with Crippen LogP contribution in [-0.4, -0.2) is 10.9 Å². The molecule has 0 unspecified atom stereocenters. The highest BCUT2D eigenvalue weighted by molar-refractivity contribution is 7.16. The van der Waals surface area contributed by atoms with Gasteiger partial charge in [0.2, 0.25) is 5.91 Å². The predicted molar refractivity (Wildman–Crippen MR) is 115 cm³/mol. The van der Waals surface area contributed by atoms with Crippen molar-refractivity contribution in [3.8, 4) is 22.4 Å². The summed E-state index contributed by atoms with van der Waals surface area (Å²) in [4.78, 5) is 18.0. The average molecular weight is 379 g/mol. The van der Waals surface area contributed by atoms with Crippen LogP contribution in [0.2, 0.25) is 0 Å². The van der Waals surface area contributed by atoms with Gasteiger partial charge >= 0.3 is 0 Å². The fraction of sp³-hybridized carbons (Fsp3) is 0.304. The lowest BCUT2D eigenvalue weighted by Crippen LogP contribution is -2.10. The van der Waals surface area contributed by atoms with E-state index in [0.29, 0.717) is 11.6 Å². The van der Waals surface area contributed by atoms with E-state index < -0.39 is 0 Å². The van der Waals surface area contributed by atoms with Crippen molar-refractivity contribution in [2.45, 2.75) is 46.0 Å². The molecular weight excluding hydrogens is 352 g/mol. The van der Waals surface area contributed by atoms with E-state index in [1.165, 1.54) is 16.0 Å². The van der Waals surface area contributed by atoms with Gasteiger partial charge in [-0.05, 0) is 24.0 Å². The van der Waals surface area contributed by atoms with E-state index in [1.54, 1.807) is 11.3 Å². The first-order chi connectivity index (χ1) is 13.2. The predicted octanol–water partition coefficient (Wildman–Crippen LogP) is 6.56. The second-order valence-corrected chi connectivity index (χ2v) is 7.72. The summed E-state index contributed by atoms with van der Waals surface area (Å²) >= 11 is 1.60. The molecule has 0 aliphatic carbocycles. The number of anilines is 1. The molecule has 3 nitrogen and oxygen atoms in total. The van der Waals surface area contributed by atoms with Crippen molar-refractivity contribution in [2.75, 3.05) is 5.32 Å². The molecule has 0 saturated carbocycles. The molecule has 4 heteroatoms. The Bertz CT molecular complexity index is 869. The maximum Gasteiger partial charge on any atom is 0.226 e. The zero-order valence-corrected chi connectivity index (χ0v) is 16.8. The first-order valence-electron chi connectivity index (χ1n) is 9.66. The largest absolute Gasteiger partial charge is 0.302 e. The van der Waals surface area contributed by atoms with Gasteiger partial charge in [0.15, 0.2) is 5.13 Å². The summed E-state index contributed by atoms with van der Waals surface area (Å²) in [6.07, 6.45) is 4.51. The van der Waals surface area contributed by atoms with Crippen molar-refractivity contribution >= 4 is 22.4 Å². The van der Waals surface area contributed by atoms with Crippen LogP contribution in [0.4, 0.5) is 5.13 Å². The fourth-order valence-corrected chi connectivity index (χ4v) is 4.10. The molecule has 0 fully saturated rings. The van der Waals surface area contributed by atoms with E-state index in [1.807, 2.05) is 6.07 Å². The third-order valence-electron chi connectivity index (χ3n) is 4.44. The van der Waals surface area contributed by atoms with E-state index in [4.69, 9.17) is 4.98 Å². The number of nitrogens with one attached hydrogen (secondary N) is 1. The topological polar surface area (TPSA) is 42.0 Å². The van der Waals surface area contributed by atoms with E-state index >= 15 is 0 Å². The monoisotopic (exact) mass is 378 g/mol. The lowest BCUT2D eigenvalue weighted by atomic mass is 10.0. The van der Waals surface area contributed by atoms with Gasteiger partial charge < -0.3 is 5.32 Å².